The smallest absolute Gasteiger partial charge is 0.335 e. The lowest BCUT2D eigenvalue weighted by Crippen LogP contribution is -2.60. The largest absolute Gasteiger partial charge is 0.479 e. The van der Waals surface area contributed by atoms with Gasteiger partial charge in [0.25, 0.3) is 0 Å². The van der Waals surface area contributed by atoms with E-state index in [9.17, 15) is 9.90 Å². The number of rotatable bonds is 2. The zero-order valence-electron chi connectivity index (χ0n) is 7.40. The predicted molar refractivity (Wildman–Crippen MR) is 41.3 cm³/mol. The summed E-state index contributed by atoms with van der Waals surface area (Å²) in [5, 5.41) is 36.2. The fourth-order valence-corrected chi connectivity index (χ4v) is 1.31. The lowest BCUT2D eigenvalue weighted by Gasteiger charge is -2.37. The number of aliphatic hydroxyl groups is 3. The van der Waals surface area contributed by atoms with Crippen molar-refractivity contribution in [2.24, 2.45) is 0 Å². The Bertz CT molecular complexity index is 218. The average Bonchev–Trinajstić information content (AvgIpc) is 2.13. The number of carboxylic acids is 1. The molecule has 1 aliphatic rings. The van der Waals surface area contributed by atoms with E-state index in [1.54, 1.807) is 0 Å². The first-order chi connectivity index (χ1) is 6.49. The van der Waals surface area contributed by atoms with Gasteiger partial charge in [-0.05, 0) is 0 Å². The number of aliphatic carboxylic acids is 1. The highest BCUT2D eigenvalue weighted by molar-refractivity contribution is 5.73. The monoisotopic (exact) mass is 208 g/mol. The Hall–Kier alpha value is -0.730. The quantitative estimate of drug-likeness (QED) is 0.397. The van der Waals surface area contributed by atoms with E-state index in [0.717, 1.165) is 0 Å². The third-order valence-electron chi connectivity index (χ3n) is 2.08. The van der Waals surface area contributed by atoms with Gasteiger partial charge in [0.05, 0.1) is 0 Å². The molecule has 1 aliphatic heterocycles. The van der Waals surface area contributed by atoms with Crippen LogP contribution in [0.4, 0.5) is 0 Å². The highest BCUT2D eigenvalue weighted by Crippen LogP contribution is 2.21. The van der Waals surface area contributed by atoms with Gasteiger partial charge in [0, 0.05) is 7.11 Å². The molecular formula is C7H12O7. The third-order valence-corrected chi connectivity index (χ3v) is 2.08. The first kappa shape index (κ1) is 11.3. The zero-order chi connectivity index (χ0) is 10.9. The summed E-state index contributed by atoms with van der Waals surface area (Å²) in [5.74, 6) is -1.37. The lowest BCUT2D eigenvalue weighted by atomic mass is 9.99. The molecule has 0 aromatic heterocycles. The summed E-state index contributed by atoms with van der Waals surface area (Å²) in [4.78, 5) is 10.6. The van der Waals surface area contributed by atoms with Crippen molar-refractivity contribution in [3.63, 3.8) is 0 Å². The molecule has 0 aliphatic carbocycles. The maximum atomic E-state index is 10.6. The minimum absolute atomic E-state index is 1.18. The van der Waals surface area contributed by atoms with Gasteiger partial charge in [0.2, 0.25) is 0 Å². The number of methoxy groups -OCH3 is 1. The minimum atomic E-state index is -1.72. The summed E-state index contributed by atoms with van der Waals surface area (Å²) >= 11 is 0. The second-order valence-electron chi connectivity index (χ2n) is 2.97. The van der Waals surface area contributed by atoms with Gasteiger partial charge in [-0.3, -0.25) is 0 Å². The van der Waals surface area contributed by atoms with Gasteiger partial charge in [-0.1, -0.05) is 0 Å². The average molecular weight is 208 g/mol. The van der Waals surface area contributed by atoms with Crippen LogP contribution in [0.5, 0.6) is 0 Å². The number of aliphatic hydroxyl groups excluding tert-OH is 3. The molecule has 0 aromatic carbocycles. The molecule has 0 bridgehead atoms. The van der Waals surface area contributed by atoms with Gasteiger partial charge in [-0.15, -0.1) is 0 Å². The van der Waals surface area contributed by atoms with Crippen molar-refractivity contribution in [2.75, 3.05) is 7.11 Å². The molecule has 82 valence electrons. The standard InChI is InChI=1S/C7H12O7/c1-13-4-2(8)3(9)7(12)14-5(4)6(10)11/h2-5,7-9,12H,1H3,(H,10,11)/t2-,3-,4+,5-,7?/m1/s1. The fourth-order valence-electron chi connectivity index (χ4n) is 1.31. The van der Waals surface area contributed by atoms with Gasteiger partial charge >= 0.3 is 5.97 Å². The second-order valence-corrected chi connectivity index (χ2v) is 2.97. The van der Waals surface area contributed by atoms with Crippen LogP contribution in [0.1, 0.15) is 0 Å². The zero-order valence-corrected chi connectivity index (χ0v) is 7.40. The van der Waals surface area contributed by atoms with Crippen LogP contribution in [-0.2, 0) is 14.3 Å². The highest BCUT2D eigenvalue weighted by Gasteiger charge is 2.47. The van der Waals surface area contributed by atoms with Crippen LogP contribution in [0.2, 0.25) is 0 Å². The summed E-state index contributed by atoms with van der Waals surface area (Å²) in [5.41, 5.74) is 0. The Labute approximate surface area is 79.5 Å². The van der Waals surface area contributed by atoms with Crippen LogP contribution in [0, 0.1) is 0 Å². The van der Waals surface area contributed by atoms with Crippen molar-refractivity contribution in [1.29, 1.82) is 0 Å². The summed E-state index contributed by atoms with van der Waals surface area (Å²) < 4.78 is 9.22. The van der Waals surface area contributed by atoms with Crippen molar-refractivity contribution < 1.29 is 34.7 Å². The molecule has 1 fully saturated rings. The van der Waals surface area contributed by atoms with Gasteiger partial charge in [-0.25, -0.2) is 4.79 Å². The molecule has 1 heterocycles. The highest BCUT2D eigenvalue weighted by atomic mass is 16.7. The maximum absolute atomic E-state index is 10.6. The fraction of sp³-hybridized carbons (Fsp3) is 0.857. The van der Waals surface area contributed by atoms with Gasteiger partial charge in [-0.2, -0.15) is 0 Å². The summed E-state index contributed by atoms with van der Waals surface area (Å²) in [6, 6.07) is 0. The molecule has 0 amide bonds. The van der Waals surface area contributed by atoms with Crippen LogP contribution in [-0.4, -0.2) is 64.2 Å². The van der Waals surface area contributed by atoms with Gasteiger partial charge < -0.3 is 29.9 Å². The maximum Gasteiger partial charge on any atom is 0.335 e. The Morgan fingerprint density at radius 2 is 1.86 bits per heavy atom. The first-order valence-corrected chi connectivity index (χ1v) is 3.94. The van der Waals surface area contributed by atoms with E-state index in [-0.39, 0.29) is 0 Å². The molecule has 1 saturated heterocycles. The SMILES string of the molecule is CO[C@H]1[C@H](O)[C@@H](O)C(O)O[C@H]1C(=O)O. The molecule has 0 aromatic rings. The van der Waals surface area contributed by atoms with Crippen molar-refractivity contribution in [1.82, 2.24) is 0 Å². The van der Waals surface area contributed by atoms with E-state index in [1.165, 1.54) is 7.11 Å². The Kier molecular flexibility index (Phi) is 3.40. The molecule has 1 unspecified atom stereocenters. The predicted octanol–water partition coefficient (Wildman–Crippen LogP) is -2.47. The molecule has 0 radical (unpaired) electrons. The van der Waals surface area contributed by atoms with E-state index < -0.39 is 36.7 Å². The van der Waals surface area contributed by atoms with Crippen LogP contribution in [0.15, 0.2) is 0 Å². The first-order valence-electron chi connectivity index (χ1n) is 3.94. The lowest BCUT2D eigenvalue weighted by molar-refractivity contribution is -0.283. The number of carboxylic acid groups (broad SMARTS) is 1. The van der Waals surface area contributed by atoms with E-state index in [0.29, 0.717) is 0 Å². The molecular weight excluding hydrogens is 196 g/mol. The summed E-state index contributed by atoms with van der Waals surface area (Å²) in [6.45, 7) is 0. The topological polar surface area (TPSA) is 116 Å². The van der Waals surface area contributed by atoms with E-state index in [4.69, 9.17) is 15.3 Å². The molecule has 0 spiro atoms. The normalized spacial score (nSPS) is 43.6. The Morgan fingerprint density at radius 3 is 2.29 bits per heavy atom. The van der Waals surface area contributed by atoms with Crippen molar-refractivity contribution >= 4 is 5.97 Å². The van der Waals surface area contributed by atoms with E-state index in [1.807, 2.05) is 0 Å². The van der Waals surface area contributed by atoms with Gasteiger partial charge in [0.1, 0.15) is 18.3 Å². The van der Waals surface area contributed by atoms with Crippen molar-refractivity contribution in [3.8, 4) is 0 Å². The van der Waals surface area contributed by atoms with Gasteiger partial charge in [0.15, 0.2) is 12.4 Å². The van der Waals surface area contributed by atoms with Crippen LogP contribution in [0.3, 0.4) is 0 Å². The number of hydrogen-bond donors (Lipinski definition) is 4. The van der Waals surface area contributed by atoms with Crippen molar-refractivity contribution in [2.45, 2.75) is 30.7 Å². The molecule has 0 saturated carbocycles. The second kappa shape index (κ2) is 4.20. The Balaban J connectivity index is 2.82. The molecule has 7 nitrogen and oxygen atoms in total. The van der Waals surface area contributed by atoms with Crippen LogP contribution < -0.4 is 0 Å². The van der Waals surface area contributed by atoms with E-state index in [2.05, 4.69) is 9.47 Å². The summed E-state index contributed by atoms with van der Waals surface area (Å²) in [6.07, 6.45) is -7.49. The Morgan fingerprint density at radius 1 is 1.29 bits per heavy atom. The number of hydrogen-bond acceptors (Lipinski definition) is 6. The van der Waals surface area contributed by atoms with Crippen LogP contribution >= 0.6 is 0 Å². The molecule has 14 heavy (non-hydrogen) atoms. The molecule has 4 N–H and O–H groups in total. The molecule has 7 heteroatoms. The number of carbonyl (C=O) groups is 1. The van der Waals surface area contributed by atoms with Crippen molar-refractivity contribution in [3.05, 3.63) is 0 Å². The third kappa shape index (κ3) is 1.86. The minimum Gasteiger partial charge on any atom is -0.479 e. The van der Waals surface area contributed by atoms with E-state index >= 15 is 0 Å². The molecule has 5 atom stereocenters. The number of ether oxygens (including phenoxy) is 2. The summed E-state index contributed by atoms with van der Waals surface area (Å²) in [7, 11) is 1.18. The van der Waals surface area contributed by atoms with Crippen LogP contribution in [0.25, 0.3) is 0 Å². The molecule has 1 rings (SSSR count).